The third-order valence-corrected chi connectivity index (χ3v) is 3.10. The van der Waals surface area contributed by atoms with E-state index in [4.69, 9.17) is 16.0 Å². The third kappa shape index (κ3) is 3.82. The van der Waals surface area contributed by atoms with Crippen molar-refractivity contribution in [3.05, 3.63) is 46.1 Å². The van der Waals surface area contributed by atoms with E-state index in [2.05, 4.69) is 26.1 Å². The first-order valence-corrected chi connectivity index (χ1v) is 6.72. The van der Waals surface area contributed by atoms with Gasteiger partial charge in [-0.3, -0.25) is 0 Å². The topological polar surface area (TPSA) is 38.9 Å². The third-order valence-electron chi connectivity index (χ3n) is 2.30. The average Bonchev–Trinajstić information content (AvgIpc) is 2.77. The molecule has 0 amide bonds. The molecule has 0 aliphatic carbocycles. The molecule has 0 radical (unpaired) electrons. The van der Waals surface area contributed by atoms with Gasteiger partial charge < -0.3 is 4.42 Å². The second-order valence-electron chi connectivity index (χ2n) is 3.69. The second kappa shape index (κ2) is 6.17. The highest BCUT2D eigenvalue weighted by atomic mass is 79.9. The summed E-state index contributed by atoms with van der Waals surface area (Å²) in [6, 6.07) is 8.07. The Morgan fingerprint density at radius 1 is 1.12 bits per heavy atom. The number of aryl methyl sites for hydroxylation is 1. The molecule has 3 nitrogen and oxygen atoms in total. The molecule has 0 aliphatic heterocycles. The van der Waals surface area contributed by atoms with E-state index in [1.807, 2.05) is 24.3 Å². The van der Waals surface area contributed by atoms with Crippen molar-refractivity contribution in [2.75, 3.05) is 5.88 Å². The molecule has 0 unspecified atom stereocenters. The predicted molar refractivity (Wildman–Crippen MR) is 70.3 cm³/mol. The summed E-state index contributed by atoms with van der Waals surface area (Å²) in [7, 11) is 0. The van der Waals surface area contributed by atoms with Crippen LogP contribution >= 0.6 is 27.5 Å². The normalized spacial score (nSPS) is 10.7. The smallest absolute Gasteiger partial charge is 0.220 e. The van der Waals surface area contributed by atoms with E-state index in [1.165, 1.54) is 0 Å². The first kappa shape index (κ1) is 12.6. The van der Waals surface area contributed by atoms with Crippen LogP contribution in [0, 0.1) is 0 Å². The zero-order valence-corrected chi connectivity index (χ0v) is 11.5. The Bertz CT molecular complexity index is 470. The van der Waals surface area contributed by atoms with E-state index in [1.54, 1.807) is 0 Å². The Labute approximate surface area is 113 Å². The maximum Gasteiger partial charge on any atom is 0.220 e. The molecule has 5 heteroatoms. The highest BCUT2D eigenvalue weighted by molar-refractivity contribution is 9.10. The maximum absolute atomic E-state index is 5.61. The van der Waals surface area contributed by atoms with Crippen LogP contribution < -0.4 is 0 Å². The average molecular weight is 316 g/mol. The number of hydrogen-bond donors (Lipinski definition) is 0. The summed E-state index contributed by atoms with van der Waals surface area (Å²) in [5.41, 5.74) is 1.15. The van der Waals surface area contributed by atoms with E-state index in [0.29, 0.717) is 24.1 Å². The Morgan fingerprint density at radius 3 is 2.53 bits per heavy atom. The lowest BCUT2D eigenvalue weighted by atomic mass is 10.1. The molecule has 90 valence electrons. The zero-order valence-electron chi connectivity index (χ0n) is 9.20. The van der Waals surface area contributed by atoms with Gasteiger partial charge in [-0.05, 0) is 24.1 Å². The van der Waals surface area contributed by atoms with Crippen LogP contribution in [0.3, 0.4) is 0 Å². The fraction of sp³-hybridized carbons (Fsp3) is 0.333. The molecule has 17 heavy (non-hydrogen) atoms. The number of aromatic nitrogens is 2. The second-order valence-corrected chi connectivity index (χ2v) is 4.98. The van der Waals surface area contributed by atoms with Crippen LogP contribution in [0.2, 0.25) is 0 Å². The van der Waals surface area contributed by atoms with Crippen LogP contribution in [0.1, 0.15) is 23.8 Å². The van der Waals surface area contributed by atoms with Gasteiger partial charge in [-0.15, -0.1) is 21.8 Å². The summed E-state index contributed by atoms with van der Waals surface area (Å²) < 4.78 is 6.59. The van der Waals surface area contributed by atoms with E-state index >= 15 is 0 Å². The molecule has 0 saturated heterocycles. The van der Waals surface area contributed by atoms with Crippen molar-refractivity contribution in [3.8, 4) is 0 Å². The number of benzene rings is 1. The number of halogens is 2. The molecule has 0 N–H and O–H groups in total. The lowest BCUT2D eigenvalue weighted by Crippen LogP contribution is -1.87. The molecule has 0 bridgehead atoms. The van der Waals surface area contributed by atoms with Gasteiger partial charge in [-0.25, -0.2) is 0 Å². The zero-order chi connectivity index (χ0) is 12.1. The Morgan fingerprint density at radius 2 is 1.82 bits per heavy atom. The number of alkyl halides is 1. The minimum Gasteiger partial charge on any atom is -0.425 e. The summed E-state index contributed by atoms with van der Waals surface area (Å²) >= 11 is 9.01. The van der Waals surface area contributed by atoms with Crippen molar-refractivity contribution in [1.29, 1.82) is 0 Å². The Balaban J connectivity index is 1.98. The molecule has 2 aromatic rings. The quantitative estimate of drug-likeness (QED) is 0.791. The summed E-state index contributed by atoms with van der Waals surface area (Å²) in [4.78, 5) is 0. The SMILES string of the molecule is ClCCCc1nnc(Cc2ccc(Br)cc2)o1. The largest absolute Gasteiger partial charge is 0.425 e. The minimum absolute atomic E-state index is 0.616. The first-order chi connectivity index (χ1) is 8.28. The number of rotatable bonds is 5. The monoisotopic (exact) mass is 314 g/mol. The fourth-order valence-corrected chi connectivity index (χ4v) is 1.85. The van der Waals surface area contributed by atoms with Crippen LogP contribution in [0.4, 0.5) is 0 Å². The van der Waals surface area contributed by atoms with Crippen LogP contribution in [-0.4, -0.2) is 16.1 Å². The van der Waals surface area contributed by atoms with Crippen molar-refractivity contribution in [2.24, 2.45) is 0 Å². The van der Waals surface area contributed by atoms with Crippen molar-refractivity contribution in [3.63, 3.8) is 0 Å². The molecule has 0 aliphatic rings. The van der Waals surface area contributed by atoms with Crippen LogP contribution in [0.25, 0.3) is 0 Å². The molecular formula is C12H12BrClN2O. The van der Waals surface area contributed by atoms with Gasteiger partial charge in [-0.2, -0.15) is 0 Å². The Hall–Kier alpha value is -0.870. The number of hydrogen-bond acceptors (Lipinski definition) is 3. The summed E-state index contributed by atoms with van der Waals surface area (Å²) in [6.07, 6.45) is 2.28. The van der Waals surface area contributed by atoms with Crippen LogP contribution in [0.5, 0.6) is 0 Å². The van der Waals surface area contributed by atoms with Crippen molar-refractivity contribution in [2.45, 2.75) is 19.3 Å². The van der Waals surface area contributed by atoms with E-state index in [-0.39, 0.29) is 0 Å². The van der Waals surface area contributed by atoms with Gasteiger partial charge in [0.1, 0.15) is 0 Å². The predicted octanol–water partition coefficient (Wildman–Crippen LogP) is 3.59. The van der Waals surface area contributed by atoms with E-state index in [0.717, 1.165) is 22.9 Å². The highest BCUT2D eigenvalue weighted by Crippen LogP contribution is 2.14. The molecule has 1 aromatic carbocycles. The van der Waals surface area contributed by atoms with Gasteiger partial charge >= 0.3 is 0 Å². The van der Waals surface area contributed by atoms with E-state index < -0.39 is 0 Å². The molecule has 1 heterocycles. The van der Waals surface area contributed by atoms with E-state index in [9.17, 15) is 0 Å². The lowest BCUT2D eigenvalue weighted by Gasteiger charge is -1.96. The summed E-state index contributed by atoms with van der Waals surface area (Å²) in [5, 5.41) is 8.00. The highest BCUT2D eigenvalue weighted by Gasteiger charge is 2.06. The van der Waals surface area contributed by atoms with Gasteiger partial charge in [0.15, 0.2) is 0 Å². The van der Waals surface area contributed by atoms with Crippen molar-refractivity contribution in [1.82, 2.24) is 10.2 Å². The van der Waals surface area contributed by atoms with Crippen molar-refractivity contribution >= 4 is 27.5 Å². The summed E-state index contributed by atoms with van der Waals surface area (Å²) in [6.45, 7) is 0. The van der Waals surface area contributed by atoms with Crippen LogP contribution in [0.15, 0.2) is 33.2 Å². The Kier molecular flexibility index (Phi) is 4.57. The van der Waals surface area contributed by atoms with Gasteiger partial charge in [-0.1, -0.05) is 28.1 Å². The standard InChI is InChI=1S/C12H12BrClN2O/c13-10-5-3-9(4-6-10)8-12-16-15-11(17-12)2-1-7-14/h3-6H,1-2,7-8H2. The molecule has 2 rings (SSSR count). The van der Waals surface area contributed by atoms with Crippen molar-refractivity contribution < 1.29 is 4.42 Å². The fourth-order valence-electron chi connectivity index (χ4n) is 1.46. The number of nitrogens with zero attached hydrogens (tertiary/aromatic N) is 2. The lowest BCUT2D eigenvalue weighted by molar-refractivity contribution is 0.455. The van der Waals surface area contributed by atoms with Gasteiger partial charge in [0.05, 0.1) is 6.42 Å². The molecular weight excluding hydrogens is 304 g/mol. The van der Waals surface area contributed by atoms with Gasteiger partial charge in [0.25, 0.3) is 0 Å². The van der Waals surface area contributed by atoms with Gasteiger partial charge in [0, 0.05) is 16.8 Å². The minimum atomic E-state index is 0.616. The van der Waals surface area contributed by atoms with Crippen LogP contribution in [-0.2, 0) is 12.8 Å². The molecule has 0 atom stereocenters. The maximum atomic E-state index is 5.61. The first-order valence-electron chi connectivity index (χ1n) is 5.39. The molecule has 0 saturated carbocycles. The summed E-state index contributed by atoms with van der Waals surface area (Å²) in [5.74, 6) is 1.93. The molecule has 0 spiro atoms. The van der Waals surface area contributed by atoms with Gasteiger partial charge in [0.2, 0.25) is 11.8 Å². The molecule has 0 fully saturated rings. The molecule has 1 aromatic heterocycles.